The number of hydrogen-bond acceptors (Lipinski definition) is 12. The average molecular weight is 1200 g/mol. The van der Waals surface area contributed by atoms with Gasteiger partial charge in [0.25, 0.3) is 11.8 Å². The van der Waals surface area contributed by atoms with Crippen LogP contribution in [0.1, 0.15) is 107 Å². The number of unbranched alkanes of at least 4 members (excludes halogenated alkanes) is 3. The van der Waals surface area contributed by atoms with Crippen molar-refractivity contribution in [1.82, 2.24) is 50.7 Å². The number of benzene rings is 3. The second-order valence-corrected chi connectivity index (χ2v) is 24.3. The number of carbonyl (C=O) groups excluding carboxylic acids is 7. The van der Waals surface area contributed by atoms with Gasteiger partial charge in [-0.3, -0.25) is 38.3 Å². The van der Waals surface area contributed by atoms with E-state index in [1.807, 2.05) is 31.2 Å². The lowest BCUT2D eigenvalue weighted by molar-refractivity contribution is -0.187. The first-order chi connectivity index (χ1) is 40.2. The van der Waals surface area contributed by atoms with Gasteiger partial charge in [-0.05, 0) is 104 Å². The van der Waals surface area contributed by atoms with Crippen molar-refractivity contribution in [2.45, 2.75) is 154 Å². The number of fused-ring (bicyclic) bond motifs is 2. The van der Waals surface area contributed by atoms with Crippen LogP contribution in [0.15, 0.2) is 78.6 Å². The molecule has 3 aromatic carbocycles. The number of carbonyl (C=O) groups is 7. The molecule has 19 nitrogen and oxygen atoms in total. The fourth-order valence-electron chi connectivity index (χ4n) is 11.0. The van der Waals surface area contributed by atoms with E-state index in [4.69, 9.17) is 4.74 Å². The maximum Gasteiger partial charge on any atom is 0.408 e. The zero-order valence-electron chi connectivity index (χ0n) is 47.8. The number of imide groups is 1. The third-order valence-corrected chi connectivity index (χ3v) is 17.1. The second-order valence-electron chi connectivity index (χ2n) is 23.4. The number of hydrogen-bond donors (Lipinski definition) is 5. The van der Waals surface area contributed by atoms with Crippen LogP contribution in [0.5, 0.6) is 5.75 Å². The Balaban J connectivity index is 0.731. The quantitative estimate of drug-likeness (QED) is 0.0250. The van der Waals surface area contributed by atoms with E-state index in [0.29, 0.717) is 64.7 Å². The molecule has 454 valence electrons. The van der Waals surface area contributed by atoms with Gasteiger partial charge in [-0.25, -0.2) is 18.6 Å². The minimum absolute atomic E-state index is 0.0138. The summed E-state index contributed by atoms with van der Waals surface area (Å²) in [7, 11) is 0. The molecule has 2 aliphatic heterocycles. The van der Waals surface area contributed by atoms with Crippen LogP contribution < -0.4 is 26.0 Å². The molecule has 4 aliphatic rings. The molecule has 5 atom stereocenters. The first-order valence-corrected chi connectivity index (χ1v) is 29.2. The molecule has 5 aromatic rings. The normalized spacial score (nSPS) is 19.6. The van der Waals surface area contributed by atoms with Gasteiger partial charge in [0.15, 0.2) is 5.67 Å². The number of nitrogens with zero attached hydrogens (tertiary/aromatic N) is 6. The maximum atomic E-state index is 14.7. The molecule has 2 aliphatic carbocycles. The number of aryl methyl sites for hydroxylation is 2. The Morgan fingerprint density at radius 3 is 2.35 bits per heavy atom. The second kappa shape index (κ2) is 25.0. The lowest BCUT2D eigenvalue weighted by Crippen LogP contribution is -2.59. The van der Waals surface area contributed by atoms with Crippen molar-refractivity contribution < 1.29 is 65.4 Å². The van der Waals surface area contributed by atoms with Gasteiger partial charge in [0.05, 0.1) is 35.0 Å². The topological polar surface area (TPSA) is 238 Å². The Labute approximate surface area is 492 Å². The predicted octanol–water partition coefficient (Wildman–Crippen LogP) is 7.16. The Bertz CT molecular complexity index is 3340. The molecule has 0 unspecified atom stereocenters. The number of halogens is 5. The van der Waals surface area contributed by atoms with Crippen molar-refractivity contribution in [2.24, 2.45) is 5.41 Å². The molecule has 8 amide bonds. The molecule has 0 radical (unpaired) electrons. The van der Waals surface area contributed by atoms with Crippen LogP contribution in [0.25, 0.3) is 21.6 Å². The van der Waals surface area contributed by atoms with Crippen molar-refractivity contribution in [3.05, 3.63) is 112 Å². The summed E-state index contributed by atoms with van der Waals surface area (Å²) in [6, 6.07) is 10.2. The van der Waals surface area contributed by atoms with Crippen molar-refractivity contribution in [1.29, 1.82) is 0 Å². The molecule has 85 heavy (non-hydrogen) atoms. The number of likely N-dealkylation sites (tertiary alicyclic amines) is 1. The van der Waals surface area contributed by atoms with Crippen molar-refractivity contribution >= 4 is 52.8 Å². The number of aliphatic hydroxyl groups excluding tert-OH is 1. The molecule has 25 heteroatoms. The number of β-amino-alcohol motifs (C(OH)–C–C–N with tert-alkyl or cyclic N) is 1. The van der Waals surface area contributed by atoms with Crippen molar-refractivity contribution in [3.63, 3.8) is 0 Å². The maximum absolute atomic E-state index is 14.7. The molecule has 1 saturated carbocycles. The van der Waals surface area contributed by atoms with Gasteiger partial charge in [0, 0.05) is 49.9 Å². The van der Waals surface area contributed by atoms with E-state index >= 15 is 0 Å². The third kappa shape index (κ3) is 14.0. The summed E-state index contributed by atoms with van der Waals surface area (Å²) in [5, 5.41) is 26.2. The number of rotatable bonds is 23. The molecule has 9 rings (SSSR count). The van der Waals surface area contributed by atoms with E-state index < -0.39 is 102 Å². The highest BCUT2D eigenvalue weighted by Gasteiger charge is 2.57. The number of nitrogens with one attached hydrogen (secondary N) is 4. The first-order valence-electron chi connectivity index (χ1n) is 28.3. The fourth-order valence-corrected chi connectivity index (χ4v) is 11.8. The highest BCUT2D eigenvalue weighted by molar-refractivity contribution is 7.13. The third-order valence-electron chi connectivity index (χ3n) is 16.1. The lowest BCUT2D eigenvalue weighted by atomic mass is 9.85. The van der Waals surface area contributed by atoms with Gasteiger partial charge in [0.1, 0.15) is 48.3 Å². The van der Waals surface area contributed by atoms with Crippen molar-refractivity contribution in [3.8, 4) is 27.3 Å². The molecule has 2 aromatic heterocycles. The summed E-state index contributed by atoms with van der Waals surface area (Å²) >= 11 is 1.49. The smallest absolute Gasteiger partial charge is 0.408 e. The van der Waals surface area contributed by atoms with Crippen LogP contribution >= 0.6 is 11.3 Å². The Hall–Kier alpha value is -7.80. The van der Waals surface area contributed by atoms with Gasteiger partial charge in [-0.1, -0.05) is 76.1 Å². The van der Waals surface area contributed by atoms with E-state index in [2.05, 4.69) is 31.3 Å². The van der Waals surface area contributed by atoms with Crippen LogP contribution in [0.4, 0.5) is 26.7 Å². The molecule has 3 fully saturated rings. The van der Waals surface area contributed by atoms with Crippen LogP contribution in [-0.2, 0) is 60.4 Å². The highest BCUT2D eigenvalue weighted by Crippen LogP contribution is 2.44. The van der Waals surface area contributed by atoms with E-state index in [0.717, 1.165) is 59.2 Å². The summed E-state index contributed by atoms with van der Waals surface area (Å²) in [5.41, 5.74) is 2.68. The highest BCUT2D eigenvalue weighted by atomic mass is 32.1. The number of urea groups is 1. The van der Waals surface area contributed by atoms with E-state index in [9.17, 15) is 60.6 Å². The average Bonchev–Trinajstić information content (AvgIpc) is 1.63. The molecule has 0 bridgehead atoms. The minimum atomic E-state index is -4.83. The van der Waals surface area contributed by atoms with Crippen LogP contribution in [0, 0.1) is 18.2 Å². The Morgan fingerprint density at radius 2 is 1.66 bits per heavy atom. The molecule has 2 saturated heterocycles. The monoisotopic (exact) mass is 1200 g/mol. The van der Waals surface area contributed by atoms with Gasteiger partial charge < -0.3 is 40.9 Å². The lowest BCUT2D eigenvalue weighted by Gasteiger charge is -2.35. The van der Waals surface area contributed by atoms with Crippen LogP contribution in [-0.4, -0.2) is 138 Å². The minimum Gasteiger partial charge on any atom is -0.493 e. The van der Waals surface area contributed by atoms with Crippen LogP contribution in [0.2, 0.25) is 0 Å². The molecular weight excluding hydrogens is 1130 g/mol. The standard InChI is InChI=1S/C60H69F5N10O9S/c1-35-50(85-34-68-35)40-12-13-41(27-67-52(79)46-26-44(76)31-74(46)53(80)51(57(3,4)5)70-54(81)58(62)20-21-58)47(25-40)84-23-9-7-6-8-22-66-48(77)32-72-30-42(28-69-72)38-14-17-45-39(24-38)18-19-59(45)55(82)75(56(83)71-59)33-49(78)73(36(2)60(63,64)65)29-37-10-15-43(61)16-11-37/h10-17,24-25,28,30,34,36,44,46,51,76H,6-9,18-23,26-27,29,31-33H2,1-5H3,(H,66,77)(H,67,79)(H,70,81)(H,71,83)/t36-,44+,46-,51+,59-/m0/s1. The summed E-state index contributed by atoms with van der Waals surface area (Å²) in [6.07, 6.45) is 1.12. The summed E-state index contributed by atoms with van der Waals surface area (Å²) < 4.78 is 77.9. The summed E-state index contributed by atoms with van der Waals surface area (Å²) in [6.45, 7) is 7.10. The van der Waals surface area contributed by atoms with E-state index in [1.165, 1.54) is 33.1 Å². The first kappa shape index (κ1) is 61.8. The predicted molar refractivity (Wildman–Crippen MR) is 302 cm³/mol. The SMILES string of the molecule is Cc1ncsc1-c1ccc(CNC(=O)[C@@H]2C[C@@H](O)CN2C(=O)[C@@H](NC(=O)C2(F)CC2)C(C)(C)C)c(OCCCCCCNC(=O)Cn2cc(-c3ccc4c(c3)CC[C@]43NC(=O)N(CC(=O)N(Cc4ccc(F)cc4)[C@@H](C)C(F)(F)F)C3=O)cn2)c1. The fraction of sp³-hybridized carbons (Fsp3) is 0.483. The Morgan fingerprint density at radius 1 is 0.929 bits per heavy atom. The number of thiazole rings is 1. The number of alkyl halides is 4. The van der Waals surface area contributed by atoms with Gasteiger partial charge in [-0.2, -0.15) is 18.3 Å². The zero-order chi connectivity index (χ0) is 61.2. The van der Waals surface area contributed by atoms with Gasteiger partial charge >= 0.3 is 12.2 Å². The Kier molecular flexibility index (Phi) is 18.2. The van der Waals surface area contributed by atoms with E-state index in [-0.39, 0.29) is 56.8 Å². The molecule has 5 N–H and O–H groups in total. The van der Waals surface area contributed by atoms with Gasteiger partial charge in [-0.15, -0.1) is 11.3 Å². The summed E-state index contributed by atoms with van der Waals surface area (Å²) in [4.78, 5) is 102. The molecule has 4 heterocycles. The number of ether oxygens (including phenoxy) is 1. The number of aliphatic hydroxyl groups is 1. The summed E-state index contributed by atoms with van der Waals surface area (Å²) in [5.74, 6) is -4.12. The van der Waals surface area contributed by atoms with Crippen LogP contribution in [0.3, 0.4) is 0 Å². The van der Waals surface area contributed by atoms with Gasteiger partial charge in [0.2, 0.25) is 23.6 Å². The number of amides is 8. The van der Waals surface area contributed by atoms with Crippen molar-refractivity contribution in [2.75, 3.05) is 26.2 Å². The molecular formula is C60H69F5N10O9S. The number of aromatic nitrogens is 3. The largest absolute Gasteiger partial charge is 0.493 e. The molecule has 1 spiro atoms. The van der Waals surface area contributed by atoms with E-state index in [1.54, 1.807) is 50.8 Å². The zero-order valence-corrected chi connectivity index (χ0v) is 48.6.